The van der Waals surface area contributed by atoms with Gasteiger partial charge in [0, 0.05) is 30.1 Å². The fourth-order valence-corrected chi connectivity index (χ4v) is 6.39. The third kappa shape index (κ3) is 3.89. The molecule has 2 aliphatic rings. The number of carbonyl (C=O) groups excluding carboxylic acids is 1. The molecule has 1 N–H and O–H groups in total. The first-order valence-electron chi connectivity index (χ1n) is 11.1. The van der Waals surface area contributed by atoms with Crippen molar-refractivity contribution in [1.82, 2.24) is 9.62 Å². The Balaban J connectivity index is 1.60. The number of fused-ring (bicyclic) bond motifs is 1. The summed E-state index contributed by atoms with van der Waals surface area (Å²) in [5, 5.41) is 3.84. The van der Waals surface area contributed by atoms with Crippen molar-refractivity contribution >= 4 is 26.9 Å². The van der Waals surface area contributed by atoms with E-state index >= 15 is 0 Å². The largest absolute Gasteiger partial charge is 0.451 e. The number of benzene rings is 1. The molecule has 2 fully saturated rings. The minimum absolute atomic E-state index is 0.143. The van der Waals surface area contributed by atoms with Crippen molar-refractivity contribution in [3.8, 4) is 0 Å². The van der Waals surface area contributed by atoms with Crippen LogP contribution in [0.1, 0.15) is 68.5 Å². The van der Waals surface area contributed by atoms with Crippen LogP contribution in [0.5, 0.6) is 0 Å². The van der Waals surface area contributed by atoms with E-state index in [0.29, 0.717) is 41.5 Å². The van der Waals surface area contributed by atoms with Gasteiger partial charge in [0.2, 0.25) is 10.0 Å². The van der Waals surface area contributed by atoms with E-state index < -0.39 is 10.0 Å². The predicted octanol–water partition coefficient (Wildman–Crippen LogP) is 4.47. The van der Waals surface area contributed by atoms with Crippen LogP contribution in [0.3, 0.4) is 0 Å². The second-order valence-electron chi connectivity index (χ2n) is 9.03. The van der Waals surface area contributed by atoms with Crippen molar-refractivity contribution in [3.05, 3.63) is 29.5 Å². The molecule has 4 rings (SSSR count). The molecule has 1 saturated carbocycles. The minimum Gasteiger partial charge on any atom is -0.451 e. The van der Waals surface area contributed by atoms with Gasteiger partial charge in [-0.1, -0.05) is 33.1 Å². The molecule has 30 heavy (non-hydrogen) atoms. The Hall–Kier alpha value is -1.86. The highest BCUT2D eigenvalue weighted by atomic mass is 32.2. The van der Waals surface area contributed by atoms with Gasteiger partial charge in [-0.15, -0.1) is 0 Å². The van der Waals surface area contributed by atoms with E-state index in [0.717, 1.165) is 32.1 Å². The summed E-state index contributed by atoms with van der Waals surface area (Å²) in [6.45, 7) is 7.38. The first-order valence-corrected chi connectivity index (χ1v) is 12.6. The average molecular weight is 433 g/mol. The second kappa shape index (κ2) is 8.35. The van der Waals surface area contributed by atoms with Gasteiger partial charge in [0.05, 0.1) is 4.90 Å². The van der Waals surface area contributed by atoms with E-state index in [2.05, 4.69) is 19.2 Å². The summed E-state index contributed by atoms with van der Waals surface area (Å²) in [4.78, 5) is 13.2. The summed E-state index contributed by atoms with van der Waals surface area (Å²) >= 11 is 0. The molecule has 7 heteroatoms. The molecule has 6 nitrogen and oxygen atoms in total. The third-order valence-corrected chi connectivity index (χ3v) is 8.98. The zero-order valence-corrected chi connectivity index (χ0v) is 18.9. The van der Waals surface area contributed by atoms with Crippen LogP contribution in [0.15, 0.2) is 27.5 Å². The Morgan fingerprint density at radius 3 is 2.57 bits per heavy atom. The number of hydrogen-bond donors (Lipinski definition) is 1. The molecule has 1 aromatic carbocycles. The van der Waals surface area contributed by atoms with Gasteiger partial charge in [-0.3, -0.25) is 4.79 Å². The van der Waals surface area contributed by atoms with Crippen molar-refractivity contribution < 1.29 is 17.6 Å². The second-order valence-corrected chi connectivity index (χ2v) is 11.0. The van der Waals surface area contributed by atoms with Crippen molar-refractivity contribution in [1.29, 1.82) is 0 Å². The van der Waals surface area contributed by atoms with Gasteiger partial charge in [-0.05, 0) is 56.2 Å². The molecule has 1 saturated heterocycles. The molecule has 0 bridgehead atoms. The van der Waals surface area contributed by atoms with E-state index in [1.807, 2.05) is 6.92 Å². The van der Waals surface area contributed by atoms with E-state index in [1.165, 1.54) is 6.42 Å². The fourth-order valence-electron chi connectivity index (χ4n) is 4.85. The topological polar surface area (TPSA) is 79.6 Å². The van der Waals surface area contributed by atoms with Crippen LogP contribution >= 0.6 is 0 Å². The van der Waals surface area contributed by atoms with Crippen LogP contribution in [0.25, 0.3) is 11.0 Å². The van der Waals surface area contributed by atoms with Gasteiger partial charge in [0.1, 0.15) is 5.58 Å². The molecule has 164 valence electrons. The normalized spacial score (nSPS) is 26.0. The summed E-state index contributed by atoms with van der Waals surface area (Å²) in [6.07, 6.45) is 6.17. The number of furan rings is 1. The maximum absolute atomic E-state index is 13.0. The van der Waals surface area contributed by atoms with Crippen molar-refractivity contribution in [2.24, 2.45) is 11.8 Å². The number of aryl methyl sites for hydroxylation is 1. The van der Waals surface area contributed by atoms with Gasteiger partial charge < -0.3 is 9.73 Å². The number of carbonyl (C=O) groups is 1. The number of rotatable bonds is 4. The van der Waals surface area contributed by atoms with Crippen molar-refractivity contribution in [2.45, 2.75) is 70.2 Å². The highest BCUT2D eigenvalue weighted by Crippen LogP contribution is 2.32. The number of sulfonamides is 1. The first kappa shape index (κ1) is 21.4. The predicted molar refractivity (Wildman–Crippen MR) is 117 cm³/mol. The zero-order chi connectivity index (χ0) is 21.5. The third-order valence-electron chi connectivity index (χ3n) is 7.09. The van der Waals surface area contributed by atoms with Crippen LogP contribution in [-0.2, 0) is 10.0 Å². The van der Waals surface area contributed by atoms with Crippen molar-refractivity contribution in [2.75, 3.05) is 13.1 Å². The van der Waals surface area contributed by atoms with Crippen LogP contribution in [0, 0.1) is 18.8 Å². The van der Waals surface area contributed by atoms with Crippen molar-refractivity contribution in [3.63, 3.8) is 0 Å². The lowest BCUT2D eigenvalue weighted by Crippen LogP contribution is -2.43. The highest BCUT2D eigenvalue weighted by molar-refractivity contribution is 7.89. The smallest absolute Gasteiger partial charge is 0.287 e. The molecule has 1 aromatic heterocycles. The Morgan fingerprint density at radius 2 is 1.83 bits per heavy atom. The van der Waals surface area contributed by atoms with Crippen LogP contribution in [0.2, 0.25) is 0 Å². The Bertz CT molecular complexity index is 1040. The zero-order valence-electron chi connectivity index (χ0n) is 18.1. The summed E-state index contributed by atoms with van der Waals surface area (Å²) in [5.41, 5.74) is 1.23. The molecular weight excluding hydrogens is 400 g/mol. The molecule has 1 aliphatic heterocycles. The summed E-state index contributed by atoms with van der Waals surface area (Å²) in [6, 6.07) is 5.05. The molecule has 0 spiro atoms. The molecule has 1 aliphatic carbocycles. The number of hydrogen-bond acceptors (Lipinski definition) is 4. The lowest BCUT2D eigenvalue weighted by molar-refractivity contribution is 0.0864. The quantitative estimate of drug-likeness (QED) is 0.773. The number of amides is 1. The highest BCUT2D eigenvalue weighted by Gasteiger charge is 2.31. The van der Waals surface area contributed by atoms with E-state index in [-0.39, 0.29) is 22.6 Å². The lowest BCUT2D eigenvalue weighted by atomic mass is 9.78. The molecule has 2 aromatic rings. The summed E-state index contributed by atoms with van der Waals surface area (Å²) in [7, 11) is -3.53. The number of nitrogens with zero attached hydrogens (tertiary/aromatic N) is 1. The van der Waals surface area contributed by atoms with Crippen LogP contribution in [0.4, 0.5) is 0 Å². The van der Waals surface area contributed by atoms with E-state index in [1.54, 1.807) is 22.5 Å². The molecule has 1 amide bonds. The number of piperidine rings is 1. The van der Waals surface area contributed by atoms with E-state index in [4.69, 9.17) is 4.42 Å². The van der Waals surface area contributed by atoms with Gasteiger partial charge in [-0.25, -0.2) is 8.42 Å². The number of nitrogens with one attached hydrogen (secondary N) is 1. The van der Waals surface area contributed by atoms with Crippen LogP contribution < -0.4 is 5.32 Å². The lowest BCUT2D eigenvalue weighted by Gasteiger charge is -2.34. The molecule has 0 radical (unpaired) electrons. The SMILES string of the molecule is Cc1c(C(=O)N[C@@H]2CCC[C@@H](C)[C@@H]2C)oc2ccc(S(=O)(=O)N3CCCCC3)cc12. The Morgan fingerprint density at radius 1 is 1.10 bits per heavy atom. The molecule has 2 heterocycles. The maximum Gasteiger partial charge on any atom is 0.287 e. The maximum atomic E-state index is 13.0. The van der Waals surface area contributed by atoms with Gasteiger partial charge in [0.25, 0.3) is 5.91 Å². The summed E-state index contributed by atoms with van der Waals surface area (Å²) < 4.78 is 33.5. The standard InChI is InChI=1S/C23H32N2O4S/c1-15-8-7-9-20(16(15)2)24-23(26)22-17(3)19-14-18(10-11-21(19)29-22)30(27,28)25-12-5-4-6-13-25/h10-11,14-16,20H,4-9,12-13H2,1-3H3,(H,24,26)/t15-,16+,20-/m1/s1. The van der Waals surface area contributed by atoms with Crippen LogP contribution in [-0.4, -0.2) is 37.8 Å². The molecule has 0 unspecified atom stereocenters. The van der Waals surface area contributed by atoms with Gasteiger partial charge in [-0.2, -0.15) is 4.31 Å². The fraction of sp³-hybridized carbons (Fsp3) is 0.609. The average Bonchev–Trinajstić information content (AvgIpc) is 3.08. The Kier molecular flexibility index (Phi) is 5.95. The van der Waals surface area contributed by atoms with E-state index in [9.17, 15) is 13.2 Å². The minimum atomic E-state index is -3.53. The van der Waals surface area contributed by atoms with Gasteiger partial charge >= 0.3 is 0 Å². The Labute approximate surface area is 179 Å². The monoisotopic (exact) mass is 432 g/mol. The molecule has 3 atom stereocenters. The summed E-state index contributed by atoms with van der Waals surface area (Å²) in [5.74, 6) is 1.08. The van der Waals surface area contributed by atoms with Gasteiger partial charge in [0.15, 0.2) is 5.76 Å². The first-order chi connectivity index (χ1) is 14.3. The molecular formula is C23H32N2O4S.